The van der Waals surface area contributed by atoms with Gasteiger partial charge in [0.2, 0.25) is 0 Å². The summed E-state index contributed by atoms with van der Waals surface area (Å²) in [5.74, 6) is 0. The van der Waals surface area contributed by atoms with Crippen molar-refractivity contribution in [1.82, 2.24) is 0 Å². The van der Waals surface area contributed by atoms with Crippen molar-refractivity contribution in [2.45, 2.75) is 135 Å². The number of rotatable bonds is 4. The molecule has 0 nitrogen and oxygen atoms in total. The van der Waals surface area contributed by atoms with E-state index < -0.39 is 0 Å². The fourth-order valence-corrected chi connectivity index (χ4v) is 14.7. The summed E-state index contributed by atoms with van der Waals surface area (Å²) in [5.41, 5.74) is 17.3. The summed E-state index contributed by atoms with van der Waals surface area (Å²) in [6, 6.07) is 18.6. The van der Waals surface area contributed by atoms with E-state index in [-0.39, 0.29) is 30.9 Å². The van der Waals surface area contributed by atoms with E-state index in [2.05, 4.69) is 173 Å². The Morgan fingerprint density at radius 2 is 0.468 bits per heavy atom. The molecule has 0 atom stereocenters. The normalized spacial score (nSPS) is 11.4. The molecular formula is C44H62Ge2Si. The molecule has 0 heterocycles. The van der Waals surface area contributed by atoms with Gasteiger partial charge in [-0.2, -0.15) is 0 Å². The molecule has 47 heavy (non-hydrogen) atoms. The van der Waals surface area contributed by atoms with Gasteiger partial charge in [0.05, 0.1) is 9.52 Å². The van der Waals surface area contributed by atoms with Crippen LogP contribution >= 0.6 is 0 Å². The topological polar surface area (TPSA) is 0 Å². The SMILES string of the molecule is CC(C)(C)[Si]C(C)(C)C.Cc1cc(C)[c]([Ge][c]2c(C)cc(C)cc2C)c(C)c1.Cc1cc(C)[c]([Ge][c]2c(C)cc(C)cc2C)c(C)c1. The summed E-state index contributed by atoms with van der Waals surface area (Å²) in [5, 5.41) is 1.02. The van der Waals surface area contributed by atoms with Gasteiger partial charge in [-0.3, -0.25) is 0 Å². The maximum absolute atomic E-state index is 2.32. The van der Waals surface area contributed by atoms with Crippen LogP contribution < -0.4 is 17.6 Å². The number of aryl methyl sites for hydroxylation is 12. The summed E-state index contributed by atoms with van der Waals surface area (Å²) in [7, 11) is 1.05. The summed E-state index contributed by atoms with van der Waals surface area (Å²) >= 11 is -0.477. The van der Waals surface area contributed by atoms with Crippen LogP contribution in [0.15, 0.2) is 48.5 Å². The third-order valence-electron chi connectivity index (χ3n) is 7.96. The van der Waals surface area contributed by atoms with Gasteiger partial charge in [-0.25, -0.2) is 0 Å². The van der Waals surface area contributed by atoms with Gasteiger partial charge in [-0.15, -0.1) is 0 Å². The average Bonchev–Trinajstić information content (AvgIpc) is 2.84. The second-order valence-electron chi connectivity index (χ2n) is 16.0. The van der Waals surface area contributed by atoms with Gasteiger partial charge in [-0.05, 0) is 10.1 Å². The standard InChI is InChI=1S/2C18H22Ge.C8H18Si/c2*1-11-7-13(3)17(14(4)8-11)19-18-15(5)9-12(2)10-16(18)6;1-7(2,3)9-8(4,5)6/h2*7-10H,1-6H3;1-6H3. The molecule has 0 spiro atoms. The summed E-state index contributed by atoms with van der Waals surface area (Å²) in [4.78, 5) is 0. The zero-order valence-electron chi connectivity index (χ0n) is 33.1. The third kappa shape index (κ3) is 13.5. The van der Waals surface area contributed by atoms with Gasteiger partial charge >= 0.3 is 247 Å². The van der Waals surface area contributed by atoms with E-state index in [1.54, 1.807) is 17.6 Å². The van der Waals surface area contributed by atoms with Crippen molar-refractivity contribution in [2.24, 2.45) is 0 Å². The molecule has 0 fully saturated rings. The molecule has 3 heteroatoms. The van der Waals surface area contributed by atoms with E-state index >= 15 is 0 Å². The molecular weight excluding hydrogens is 702 g/mol. The Balaban J connectivity index is 0.000000262. The van der Waals surface area contributed by atoms with Crippen molar-refractivity contribution >= 4 is 58.0 Å². The van der Waals surface area contributed by atoms with E-state index in [0.29, 0.717) is 10.1 Å². The Labute approximate surface area is 306 Å². The van der Waals surface area contributed by atoms with Gasteiger partial charge < -0.3 is 0 Å². The Hall–Kier alpha value is -1.82. The van der Waals surface area contributed by atoms with Crippen molar-refractivity contribution in [2.75, 3.05) is 0 Å². The second-order valence-corrected chi connectivity index (χ2v) is 24.5. The van der Waals surface area contributed by atoms with Crippen molar-refractivity contribution in [3.05, 3.63) is 115 Å². The molecule has 0 amide bonds. The van der Waals surface area contributed by atoms with Crippen LogP contribution in [0.1, 0.15) is 108 Å². The molecule has 0 aromatic heterocycles. The van der Waals surface area contributed by atoms with Crippen LogP contribution in [0.5, 0.6) is 0 Å². The fourth-order valence-electron chi connectivity index (χ4n) is 6.88. The zero-order chi connectivity index (χ0) is 36.0. The van der Waals surface area contributed by atoms with E-state index in [1.165, 1.54) is 66.8 Å². The van der Waals surface area contributed by atoms with Crippen LogP contribution in [0.4, 0.5) is 0 Å². The Kier molecular flexibility index (Phi) is 15.1. The molecule has 250 valence electrons. The monoisotopic (exact) mass is 766 g/mol. The summed E-state index contributed by atoms with van der Waals surface area (Å²) < 4.78 is 6.45. The molecule has 6 radical (unpaired) electrons. The number of hydrogen-bond donors (Lipinski definition) is 0. The van der Waals surface area contributed by atoms with Crippen LogP contribution in [0.2, 0.25) is 10.1 Å². The zero-order valence-corrected chi connectivity index (χ0v) is 38.3. The van der Waals surface area contributed by atoms with E-state index in [0.717, 1.165) is 9.52 Å². The molecule has 4 rings (SSSR count). The van der Waals surface area contributed by atoms with E-state index in [9.17, 15) is 0 Å². The van der Waals surface area contributed by atoms with Crippen molar-refractivity contribution < 1.29 is 0 Å². The third-order valence-corrected chi connectivity index (χ3v) is 18.2. The van der Waals surface area contributed by atoms with Crippen molar-refractivity contribution in [3.63, 3.8) is 0 Å². The van der Waals surface area contributed by atoms with Crippen LogP contribution in [-0.4, -0.2) is 40.4 Å². The maximum atomic E-state index is 2.32. The van der Waals surface area contributed by atoms with Crippen LogP contribution in [0, 0.1) is 83.1 Å². The Bertz CT molecular complexity index is 1350. The first kappa shape index (κ1) is 41.4. The fraction of sp³-hybridized carbons (Fsp3) is 0.455. The molecule has 0 unspecified atom stereocenters. The van der Waals surface area contributed by atoms with Crippen LogP contribution in [0.3, 0.4) is 0 Å². The number of hydrogen-bond acceptors (Lipinski definition) is 0. The Morgan fingerprint density at radius 3 is 0.574 bits per heavy atom. The van der Waals surface area contributed by atoms with Crippen LogP contribution in [0.25, 0.3) is 0 Å². The van der Waals surface area contributed by atoms with Gasteiger partial charge in [0, 0.05) is 0 Å². The molecule has 0 aliphatic rings. The van der Waals surface area contributed by atoms with Crippen LogP contribution in [-0.2, 0) is 0 Å². The van der Waals surface area contributed by atoms with Gasteiger partial charge in [0.25, 0.3) is 0 Å². The molecule has 0 aliphatic heterocycles. The summed E-state index contributed by atoms with van der Waals surface area (Å²) in [6.45, 7) is 40.7. The van der Waals surface area contributed by atoms with Crippen molar-refractivity contribution in [3.8, 4) is 0 Å². The quantitative estimate of drug-likeness (QED) is 0.182. The van der Waals surface area contributed by atoms with Gasteiger partial charge in [0.15, 0.2) is 0 Å². The molecule has 4 aromatic rings. The molecule has 0 aliphatic carbocycles. The first-order chi connectivity index (χ1) is 21.5. The van der Waals surface area contributed by atoms with Gasteiger partial charge in [-0.1, -0.05) is 41.5 Å². The first-order valence-corrected chi connectivity index (χ1v) is 22.3. The first-order valence-electron chi connectivity index (χ1n) is 17.1. The van der Waals surface area contributed by atoms with Gasteiger partial charge in [0.1, 0.15) is 0 Å². The van der Waals surface area contributed by atoms with E-state index in [4.69, 9.17) is 0 Å². The summed E-state index contributed by atoms with van der Waals surface area (Å²) in [6.07, 6.45) is 0. The minimum absolute atomic E-state index is 0.239. The molecule has 0 bridgehead atoms. The average molecular weight is 764 g/mol. The minimum atomic E-state index is -0.239. The molecule has 0 saturated heterocycles. The number of benzene rings is 4. The van der Waals surface area contributed by atoms with E-state index in [1.807, 2.05) is 0 Å². The molecule has 0 saturated carbocycles. The predicted octanol–water partition coefficient (Wildman–Crippen LogP) is 9.51. The molecule has 0 N–H and O–H groups in total. The van der Waals surface area contributed by atoms with Crippen molar-refractivity contribution in [1.29, 1.82) is 0 Å². The predicted molar refractivity (Wildman–Crippen MR) is 218 cm³/mol. The molecule has 4 aromatic carbocycles. The second kappa shape index (κ2) is 17.2. The Morgan fingerprint density at radius 1 is 0.319 bits per heavy atom.